The highest BCUT2D eigenvalue weighted by atomic mass is 32.2. The molecule has 1 saturated heterocycles. The van der Waals surface area contributed by atoms with Crippen molar-refractivity contribution in [1.82, 2.24) is 31.3 Å². The third-order valence-corrected chi connectivity index (χ3v) is 12.5. The molecule has 2 aliphatic rings. The number of nitrogens with zero attached hydrogens (tertiary/aromatic N) is 1. The van der Waals surface area contributed by atoms with Gasteiger partial charge in [0, 0.05) is 24.9 Å². The Bertz CT molecular complexity index is 2160. The molecule has 5 atom stereocenters. The number of sulfonamides is 1. The maximum absolute atomic E-state index is 14.0. The third kappa shape index (κ3) is 14.6. The number of aliphatic hydroxyl groups excluding tert-OH is 1. The van der Waals surface area contributed by atoms with Gasteiger partial charge >= 0.3 is 5.97 Å². The number of carbonyl (C=O) groups is 5. The van der Waals surface area contributed by atoms with Crippen molar-refractivity contribution < 1.29 is 47.0 Å². The number of hydrogen-bond donors (Lipinski definition) is 9. The maximum Gasteiger partial charge on any atom is 0.308 e. The molecule has 0 bridgehead atoms. The molecule has 0 aromatic heterocycles. The smallest absolute Gasteiger partial charge is 0.308 e. The number of aliphatic imine (C=N–C) groups is 1. The first-order chi connectivity index (χ1) is 29.9. The van der Waals surface area contributed by atoms with Crippen LogP contribution in [-0.4, -0.2) is 110 Å². The van der Waals surface area contributed by atoms with Crippen molar-refractivity contribution in [2.45, 2.75) is 153 Å². The average Bonchev–Trinajstić information content (AvgIpc) is 3.53. The normalized spacial score (nSPS) is 22.4. The minimum atomic E-state index is -4.18. The predicted octanol–water partition coefficient (Wildman–Crippen LogP) is 0.663. The fourth-order valence-electron chi connectivity index (χ4n) is 7.67. The predicted molar refractivity (Wildman–Crippen MR) is 240 cm³/mol. The van der Waals surface area contributed by atoms with Crippen molar-refractivity contribution >= 4 is 45.6 Å². The molecule has 354 valence electrons. The molecule has 2 aliphatic heterocycles. The lowest BCUT2D eigenvalue weighted by molar-refractivity contribution is -0.156. The number of esters is 1. The van der Waals surface area contributed by atoms with Gasteiger partial charge in [-0.25, -0.2) is 13.1 Å². The highest BCUT2D eigenvalue weighted by molar-refractivity contribution is 7.90. The zero-order valence-corrected chi connectivity index (χ0v) is 39.0. The number of aliphatic hydroxyl groups is 1. The molecule has 4 rings (SSSR count). The Morgan fingerprint density at radius 2 is 1.52 bits per heavy atom. The standard InChI is InChI=1S/C44H67N9O10S/c1-25-26(2)37(27(3)29-23-44(7,8)63-36(25)29)64(60,61)53-42(46)47-20-14-18-30-39(57)50-31(17-12-13-19-45)40(58)51-32(21-28-15-10-9-11-16-28)41(59)52-33(22-35(55)62-43(4,5)6)38(56)48-24-34(54)49-30/h9-11,15-16,30-33,38,48,56H,12-14,17-24,45H2,1-8H3,(H,49,54)(H,50,57)(H,51,58)(H,52,59)(H3,46,47,53). The Labute approximate surface area is 376 Å². The number of carbonyl (C=O) groups excluding carboxylic acids is 5. The molecule has 19 nitrogen and oxygen atoms in total. The number of guanidine groups is 1. The van der Waals surface area contributed by atoms with E-state index in [1.165, 1.54) is 0 Å². The number of rotatable bonds is 14. The average molecular weight is 914 g/mol. The summed E-state index contributed by atoms with van der Waals surface area (Å²) in [5.41, 5.74) is 13.8. The van der Waals surface area contributed by atoms with Gasteiger partial charge in [0.1, 0.15) is 41.3 Å². The minimum Gasteiger partial charge on any atom is -0.487 e. The van der Waals surface area contributed by atoms with Crippen LogP contribution in [0.1, 0.15) is 101 Å². The van der Waals surface area contributed by atoms with Gasteiger partial charge in [-0.05, 0) is 116 Å². The van der Waals surface area contributed by atoms with E-state index in [1.807, 2.05) is 20.8 Å². The first kappa shape index (κ1) is 51.3. The van der Waals surface area contributed by atoms with Crippen molar-refractivity contribution in [2.75, 3.05) is 19.6 Å². The second kappa shape index (κ2) is 22.1. The first-order valence-corrected chi connectivity index (χ1v) is 23.1. The molecule has 2 aromatic carbocycles. The van der Waals surface area contributed by atoms with Crippen LogP contribution < -0.4 is 47.5 Å². The van der Waals surface area contributed by atoms with Crippen LogP contribution >= 0.6 is 0 Å². The van der Waals surface area contributed by atoms with Gasteiger partial charge < -0.3 is 47.3 Å². The van der Waals surface area contributed by atoms with Crippen molar-refractivity contribution in [3.63, 3.8) is 0 Å². The summed E-state index contributed by atoms with van der Waals surface area (Å²) in [6.07, 6.45) is -0.393. The van der Waals surface area contributed by atoms with E-state index in [9.17, 15) is 37.5 Å². The van der Waals surface area contributed by atoms with E-state index < -0.39 is 94.2 Å². The molecule has 1 fully saturated rings. The number of ether oxygens (including phenoxy) is 2. The number of nitrogens with two attached hydrogens (primary N) is 2. The molecule has 0 spiro atoms. The molecule has 0 aliphatic carbocycles. The Kier molecular flexibility index (Phi) is 17.7. The number of unbranched alkanes of at least 4 members (excludes halogenated alkanes) is 1. The lowest BCUT2D eigenvalue weighted by atomic mass is 9.94. The summed E-state index contributed by atoms with van der Waals surface area (Å²) in [5.74, 6) is -3.31. The third-order valence-electron chi connectivity index (χ3n) is 10.9. The Balaban J connectivity index is 1.57. The summed E-state index contributed by atoms with van der Waals surface area (Å²) in [6, 6.07) is 3.94. The summed E-state index contributed by atoms with van der Waals surface area (Å²) in [4.78, 5) is 72.6. The molecular weight excluding hydrogens is 847 g/mol. The van der Waals surface area contributed by atoms with E-state index in [0.29, 0.717) is 53.8 Å². The molecule has 20 heteroatoms. The van der Waals surface area contributed by atoms with Gasteiger partial charge in [0.05, 0.1) is 23.9 Å². The minimum absolute atomic E-state index is 0.0203. The van der Waals surface area contributed by atoms with Gasteiger partial charge in [0.15, 0.2) is 0 Å². The van der Waals surface area contributed by atoms with E-state index in [1.54, 1.807) is 65.0 Å². The molecule has 0 radical (unpaired) electrons. The lowest BCUT2D eigenvalue weighted by Gasteiger charge is -2.29. The van der Waals surface area contributed by atoms with Crippen LogP contribution in [0.15, 0.2) is 40.2 Å². The molecule has 11 N–H and O–H groups in total. The molecule has 2 heterocycles. The molecular formula is C44H67N9O10S. The quantitative estimate of drug-likeness (QED) is 0.0546. The topological polar surface area (TPSA) is 295 Å². The highest BCUT2D eigenvalue weighted by Gasteiger charge is 2.37. The summed E-state index contributed by atoms with van der Waals surface area (Å²) >= 11 is 0. The molecule has 5 unspecified atom stereocenters. The van der Waals surface area contributed by atoms with Crippen LogP contribution in [0.5, 0.6) is 5.75 Å². The van der Waals surface area contributed by atoms with Gasteiger partial charge in [-0.2, -0.15) is 0 Å². The van der Waals surface area contributed by atoms with Crippen molar-refractivity contribution in [1.29, 1.82) is 0 Å². The molecule has 64 heavy (non-hydrogen) atoms. The zero-order valence-electron chi connectivity index (χ0n) is 38.2. The van der Waals surface area contributed by atoms with Crippen LogP contribution in [0.25, 0.3) is 0 Å². The first-order valence-electron chi connectivity index (χ1n) is 21.6. The summed E-state index contributed by atoms with van der Waals surface area (Å²) in [5, 5.41) is 24.6. The van der Waals surface area contributed by atoms with Crippen molar-refractivity contribution in [3.8, 4) is 5.75 Å². The van der Waals surface area contributed by atoms with Crippen molar-refractivity contribution in [3.05, 3.63) is 58.1 Å². The number of nitrogens with one attached hydrogen (secondary N) is 6. The van der Waals surface area contributed by atoms with Crippen LogP contribution in [0.3, 0.4) is 0 Å². The van der Waals surface area contributed by atoms with E-state index >= 15 is 0 Å². The van der Waals surface area contributed by atoms with E-state index in [2.05, 4.69) is 36.3 Å². The Hall–Kier alpha value is -5.31. The number of fused-ring (bicyclic) bond motifs is 1. The van der Waals surface area contributed by atoms with Crippen molar-refractivity contribution in [2.24, 2.45) is 16.5 Å². The van der Waals surface area contributed by atoms with Gasteiger partial charge in [0.25, 0.3) is 10.0 Å². The van der Waals surface area contributed by atoms with Crippen LogP contribution in [0.4, 0.5) is 0 Å². The fraction of sp³-hybridized carbons (Fsp3) is 0.591. The second-order valence-corrected chi connectivity index (χ2v) is 19.6. The van der Waals surface area contributed by atoms with E-state index in [-0.39, 0.29) is 43.1 Å². The molecule has 0 saturated carbocycles. The van der Waals surface area contributed by atoms with Gasteiger partial charge in [-0.1, -0.05) is 30.3 Å². The van der Waals surface area contributed by atoms with Crippen LogP contribution in [0, 0.1) is 20.8 Å². The van der Waals surface area contributed by atoms with Crippen LogP contribution in [-0.2, 0) is 51.6 Å². The van der Waals surface area contributed by atoms with Gasteiger partial charge in [-0.15, -0.1) is 0 Å². The van der Waals surface area contributed by atoms with Crippen LogP contribution in [0.2, 0.25) is 0 Å². The number of amides is 4. The van der Waals surface area contributed by atoms with Gasteiger partial charge in [0.2, 0.25) is 29.6 Å². The number of hydrogen-bond acceptors (Lipinski definition) is 13. The Morgan fingerprint density at radius 3 is 2.16 bits per heavy atom. The second-order valence-electron chi connectivity index (χ2n) is 18.0. The van der Waals surface area contributed by atoms with Gasteiger partial charge in [-0.3, -0.25) is 34.3 Å². The van der Waals surface area contributed by atoms with E-state index in [0.717, 1.165) is 5.56 Å². The lowest BCUT2D eigenvalue weighted by Crippen LogP contribution is -2.59. The largest absolute Gasteiger partial charge is 0.487 e. The summed E-state index contributed by atoms with van der Waals surface area (Å²) in [6.45, 7) is 13.8. The zero-order chi connectivity index (χ0) is 47.6. The number of benzene rings is 2. The fourth-order valence-corrected chi connectivity index (χ4v) is 9.19. The monoisotopic (exact) mass is 913 g/mol. The molecule has 2 aromatic rings. The SMILES string of the molecule is Cc1c(C)c(S(=O)(=O)NC(N)=NCCCC2NC(=O)CNC(O)C(CC(=O)OC(C)(C)C)NC(=O)C(Cc3ccccc3)NC(=O)C(CCCCN)NC2=O)c(C)c2c1OC(C)(C)C2. The highest BCUT2D eigenvalue weighted by Crippen LogP contribution is 2.43. The maximum atomic E-state index is 14.0. The van der Waals surface area contributed by atoms with E-state index in [4.69, 9.17) is 20.9 Å². The molecule has 4 amide bonds. The summed E-state index contributed by atoms with van der Waals surface area (Å²) < 4.78 is 41.4. The summed E-state index contributed by atoms with van der Waals surface area (Å²) in [7, 11) is -4.18. The Morgan fingerprint density at radius 1 is 0.906 bits per heavy atom.